The van der Waals surface area contributed by atoms with Crippen molar-refractivity contribution in [2.24, 2.45) is 5.16 Å². The summed E-state index contributed by atoms with van der Waals surface area (Å²) < 4.78 is 11.2. The van der Waals surface area contributed by atoms with Crippen molar-refractivity contribution >= 4 is 23.7 Å². The second-order valence-corrected chi connectivity index (χ2v) is 6.90. The average Bonchev–Trinajstić information content (AvgIpc) is 2.86. The van der Waals surface area contributed by atoms with Crippen molar-refractivity contribution in [3.63, 3.8) is 0 Å². The van der Waals surface area contributed by atoms with E-state index in [2.05, 4.69) is 15.8 Å². The molecule has 0 unspecified atom stereocenters. The zero-order valence-corrected chi connectivity index (χ0v) is 18.4. The molecular formula is C25H25N3O5. The molecule has 0 heterocycles. The van der Waals surface area contributed by atoms with Gasteiger partial charge in [-0.2, -0.15) is 0 Å². The zero-order valence-electron chi connectivity index (χ0n) is 18.4. The molecule has 33 heavy (non-hydrogen) atoms. The molecule has 3 aromatic carbocycles. The van der Waals surface area contributed by atoms with Crippen molar-refractivity contribution in [3.05, 3.63) is 89.5 Å². The second kappa shape index (κ2) is 11.9. The van der Waals surface area contributed by atoms with Crippen LogP contribution in [0.1, 0.15) is 21.5 Å². The van der Waals surface area contributed by atoms with Gasteiger partial charge in [0.05, 0.1) is 13.3 Å². The number of methoxy groups -OCH3 is 1. The molecule has 170 valence electrons. The van der Waals surface area contributed by atoms with Gasteiger partial charge >= 0.3 is 0 Å². The molecule has 0 saturated heterocycles. The summed E-state index contributed by atoms with van der Waals surface area (Å²) in [4.78, 5) is 28.8. The Morgan fingerprint density at radius 1 is 0.970 bits per heavy atom. The molecule has 0 aliphatic rings. The summed E-state index contributed by atoms with van der Waals surface area (Å²) in [5.41, 5.74) is 2.71. The van der Waals surface area contributed by atoms with Crippen LogP contribution < -0.4 is 20.1 Å². The number of rotatable bonds is 10. The zero-order chi connectivity index (χ0) is 23.5. The number of hydrogen-bond donors (Lipinski definition) is 2. The number of carbonyl (C=O) groups excluding carboxylic acids is 2. The number of nitrogens with one attached hydrogen (secondary N) is 2. The molecule has 0 aromatic heterocycles. The van der Waals surface area contributed by atoms with Crippen molar-refractivity contribution in [3.8, 4) is 11.5 Å². The number of nitrogens with zero attached hydrogens (tertiary/aromatic N) is 1. The molecule has 2 amide bonds. The first-order valence-electron chi connectivity index (χ1n) is 10.2. The lowest BCUT2D eigenvalue weighted by Crippen LogP contribution is -2.19. The maximum absolute atomic E-state index is 12.1. The van der Waals surface area contributed by atoms with E-state index in [1.807, 2.05) is 30.3 Å². The summed E-state index contributed by atoms with van der Waals surface area (Å²) in [5.74, 6) is 0.531. The third-order valence-electron chi connectivity index (χ3n) is 4.53. The molecule has 0 bridgehead atoms. The molecule has 0 radical (unpaired) electrons. The van der Waals surface area contributed by atoms with Crippen LogP contribution in [0.4, 0.5) is 5.69 Å². The Labute approximate surface area is 192 Å². The van der Waals surface area contributed by atoms with Gasteiger partial charge in [0.15, 0.2) is 18.1 Å². The fraction of sp³-hybridized carbons (Fsp3) is 0.160. The van der Waals surface area contributed by atoms with Gasteiger partial charge in [-0.1, -0.05) is 41.6 Å². The van der Waals surface area contributed by atoms with E-state index in [1.165, 1.54) is 6.21 Å². The van der Waals surface area contributed by atoms with Gasteiger partial charge in [-0.3, -0.25) is 9.59 Å². The van der Waals surface area contributed by atoms with E-state index in [0.29, 0.717) is 29.4 Å². The number of hydrogen-bond acceptors (Lipinski definition) is 6. The summed E-state index contributed by atoms with van der Waals surface area (Å²) in [5, 5.41) is 9.03. The van der Waals surface area contributed by atoms with Crippen molar-refractivity contribution in [2.45, 2.75) is 6.61 Å². The van der Waals surface area contributed by atoms with Crippen LogP contribution in [0.15, 0.2) is 78.0 Å². The van der Waals surface area contributed by atoms with Crippen molar-refractivity contribution in [1.82, 2.24) is 5.32 Å². The van der Waals surface area contributed by atoms with Gasteiger partial charge in [-0.05, 0) is 42.0 Å². The predicted octanol–water partition coefficient (Wildman–Crippen LogP) is 3.62. The van der Waals surface area contributed by atoms with E-state index in [0.717, 1.165) is 11.1 Å². The fourth-order valence-corrected chi connectivity index (χ4v) is 2.89. The van der Waals surface area contributed by atoms with Crippen LogP contribution in [0.3, 0.4) is 0 Å². The molecule has 0 saturated carbocycles. The number of amides is 2. The Balaban J connectivity index is 1.50. The largest absolute Gasteiger partial charge is 0.493 e. The minimum atomic E-state index is -0.400. The Kier molecular flexibility index (Phi) is 8.41. The Bertz CT molecular complexity index is 1120. The molecule has 8 nitrogen and oxygen atoms in total. The van der Waals surface area contributed by atoms with Gasteiger partial charge < -0.3 is 24.9 Å². The third kappa shape index (κ3) is 7.10. The summed E-state index contributed by atoms with van der Waals surface area (Å²) >= 11 is 0. The summed E-state index contributed by atoms with van der Waals surface area (Å²) in [6.07, 6.45) is 1.48. The number of carbonyl (C=O) groups is 2. The third-order valence-corrected chi connectivity index (χ3v) is 4.53. The van der Waals surface area contributed by atoms with Gasteiger partial charge in [0.25, 0.3) is 11.8 Å². The lowest BCUT2D eigenvalue weighted by molar-refractivity contribution is -0.120. The Morgan fingerprint density at radius 2 is 1.79 bits per heavy atom. The molecule has 0 aliphatic carbocycles. The normalized spacial score (nSPS) is 10.5. The quantitative estimate of drug-likeness (QED) is 0.365. The molecule has 0 aliphatic heterocycles. The number of oxime groups is 1. The SMILES string of the molecule is CNC(=O)c1cccc(NC(=O)CO/N=C/c2ccc(OCc3ccccc3)c(OC)c2)c1. The summed E-state index contributed by atoms with van der Waals surface area (Å²) in [7, 11) is 3.10. The van der Waals surface area contributed by atoms with E-state index in [1.54, 1.807) is 56.6 Å². The lowest BCUT2D eigenvalue weighted by atomic mass is 10.2. The monoisotopic (exact) mass is 447 g/mol. The Hall–Kier alpha value is -4.33. The van der Waals surface area contributed by atoms with Crippen LogP contribution in [-0.4, -0.2) is 38.8 Å². The highest BCUT2D eigenvalue weighted by atomic mass is 16.6. The minimum absolute atomic E-state index is 0.237. The van der Waals surface area contributed by atoms with Crippen LogP contribution in [-0.2, 0) is 16.2 Å². The molecule has 8 heteroatoms. The van der Waals surface area contributed by atoms with Gasteiger partial charge in [0, 0.05) is 23.9 Å². The van der Waals surface area contributed by atoms with Crippen LogP contribution in [0.5, 0.6) is 11.5 Å². The molecule has 0 spiro atoms. The highest BCUT2D eigenvalue weighted by Gasteiger charge is 2.08. The smallest absolute Gasteiger partial charge is 0.265 e. The van der Waals surface area contributed by atoms with Gasteiger partial charge in [-0.15, -0.1) is 0 Å². The number of benzene rings is 3. The van der Waals surface area contributed by atoms with Crippen LogP contribution in [0, 0.1) is 0 Å². The fourth-order valence-electron chi connectivity index (χ4n) is 2.89. The maximum Gasteiger partial charge on any atom is 0.265 e. The van der Waals surface area contributed by atoms with E-state index in [4.69, 9.17) is 14.3 Å². The van der Waals surface area contributed by atoms with Gasteiger partial charge in [0.2, 0.25) is 0 Å². The van der Waals surface area contributed by atoms with Crippen molar-refractivity contribution in [1.29, 1.82) is 0 Å². The first-order valence-corrected chi connectivity index (χ1v) is 10.2. The van der Waals surface area contributed by atoms with Crippen molar-refractivity contribution < 1.29 is 23.9 Å². The molecule has 0 atom stereocenters. The van der Waals surface area contributed by atoms with Crippen molar-refractivity contribution in [2.75, 3.05) is 26.1 Å². The molecule has 3 rings (SSSR count). The maximum atomic E-state index is 12.1. The van der Waals surface area contributed by atoms with Crippen LogP contribution >= 0.6 is 0 Å². The summed E-state index contributed by atoms with van der Waals surface area (Å²) in [6, 6.07) is 21.8. The van der Waals surface area contributed by atoms with Gasteiger partial charge in [0.1, 0.15) is 6.61 Å². The number of anilines is 1. The average molecular weight is 447 g/mol. The molecular weight excluding hydrogens is 422 g/mol. The minimum Gasteiger partial charge on any atom is -0.493 e. The highest BCUT2D eigenvalue weighted by molar-refractivity contribution is 5.97. The van der Waals surface area contributed by atoms with E-state index < -0.39 is 5.91 Å². The lowest BCUT2D eigenvalue weighted by Gasteiger charge is -2.11. The second-order valence-electron chi connectivity index (χ2n) is 6.90. The van der Waals surface area contributed by atoms with E-state index in [-0.39, 0.29) is 12.5 Å². The van der Waals surface area contributed by atoms with E-state index in [9.17, 15) is 9.59 Å². The van der Waals surface area contributed by atoms with Crippen LogP contribution in [0.25, 0.3) is 0 Å². The topological polar surface area (TPSA) is 98.3 Å². The molecule has 2 N–H and O–H groups in total. The van der Waals surface area contributed by atoms with E-state index >= 15 is 0 Å². The first kappa shape index (κ1) is 23.3. The van der Waals surface area contributed by atoms with Gasteiger partial charge in [-0.25, -0.2) is 0 Å². The highest BCUT2D eigenvalue weighted by Crippen LogP contribution is 2.28. The molecule has 0 fully saturated rings. The standard InChI is InChI=1S/C25H25N3O5/c1-26-25(30)20-9-6-10-21(14-20)28-24(29)17-33-27-15-19-11-12-22(23(13-19)31-2)32-16-18-7-4-3-5-8-18/h3-15H,16-17H2,1-2H3,(H,26,30)(H,28,29)/b27-15+. The van der Waals surface area contributed by atoms with Crippen LogP contribution in [0.2, 0.25) is 0 Å². The first-order chi connectivity index (χ1) is 16.1. The summed E-state index contributed by atoms with van der Waals surface area (Å²) in [6.45, 7) is 0.144. The number of ether oxygens (including phenoxy) is 2. The molecule has 3 aromatic rings. The predicted molar refractivity (Wildman–Crippen MR) is 126 cm³/mol. The Morgan fingerprint density at radius 3 is 2.55 bits per heavy atom.